The van der Waals surface area contributed by atoms with Crippen molar-refractivity contribution >= 4 is 17.5 Å². The van der Waals surface area contributed by atoms with Crippen LogP contribution in [0.1, 0.15) is 48.3 Å². The summed E-state index contributed by atoms with van der Waals surface area (Å²) >= 11 is 0. The van der Waals surface area contributed by atoms with Gasteiger partial charge in [0.05, 0.1) is 6.54 Å². The number of hydrogen-bond donors (Lipinski definition) is 3. The number of carbonyl (C=O) groups is 2. The summed E-state index contributed by atoms with van der Waals surface area (Å²) in [6, 6.07) is 15.5. The third-order valence-electron chi connectivity index (χ3n) is 4.53. The van der Waals surface area contributed by atoms with Crippen LogP contribution in [0.4, 0.5) is 5.69 Å². The number of hydrogen-bond acceptors (Lipinski definition) is 3. The van der Waals surface area contributed by atoms with Crippen LogP contribution < -0.4 is 16.0 Å². The van der Waals surface area contributed by atoms with Crippen LogP contribution in [0.25, 0.3) is 0 Å². The fraction of sp³-hybridized carbons (Fsp3) is 0.364. The topological polar surface area (TPSA) is 70.2 Å². The van der Waals surface area contributed by atoms with Gasteiger partial charge >= 0.3 is 0 Å². The molecule has 1 atom stereocenters. The standard InChI is InChI=1S/C22H29N3O2/c1-5-16-9-11-17(12-10-16)21(15(2)3)24-14-20(26)25-19-8-6-7-18(13-19)22(27)23-4/h6-13,15,21,24H,5,14H2,1-4H3,(H,23,27)(H,25,26)/t21-/m1/s1. The maximum absolute atomic E-state index is 12.3. The molecule has 2 rings (SSSR count). The highest BCUT2D eigenvalue weighted by molar-refractivity contribution is 5.97. The summed E-state index contributed by atoms with van der Waals surface area (Å²) in [4.78, 5) is 24.1. The molecule has 0 aromatic heterocycles. The second-order valence-corrected chi connectivity index (χ2v) is 6.91. The Hall–Kier alpha value is -2.66. The van der Waals surface area contributed by atoms with Crippen LogP contribution in [0.5, 0.6) is 0 Å². The highest BCUT2D eigenvalue weighted by Crippen LogP contribution is 2.22. The third kappa shape index (κ3) is 5.93. The lowest BCUT2D eigenvalue weighted by Gasteiger charge is -2.23. The van der Waals surface area contributed by atoms with Crippen molar-refractivity contribution < 1.29 is 9.59 Å². The van der Waals surface area contributed by atoms with Crippen LogP contribution in [0.15, 0.2) is 48.5 Å². The molecule has 0 saturated heterocycles. The van der Waals surface area contributed by atoms with Crippen molar-refractivity contribution in [1.82, 2.24) is 10.6 Å². The van der Waals surface area contributed by atoms with Crippen LogP contribution >= 0.6 is 0 Å². The molecule has 0 radical (unpaired) electrons. The Bertz CT molecular complexity index is 769. The molecular weight excluding hydrogens is 338 g/mol. The largest absolute Gasteiger partial charge is 0.355 e. The van der Waals surface area contributed by atoms with Gasteiger partial charge in [-0.3, -0.25) is 9.59 Å². The molecule has 0 unspecified atom stereocenters. The van der Waals surface area contributed by atoms with Crippen molar-refractivity contribution in [2.45, 2.75) is 33.2 Å². The first kappa shape index (κ1) is 20.6. The maximum atomic E-state index is 12.3. The Morgan fingerprint density at radius 3 is 2.33 bits per heavy atom. The van der Waals surface area contributed by atoms with E-state index in [9.17, 15) is 9.59 Å². The Balaban J connectivity index is 1.98. The molecule has 2 aromatic rings. The normalized spacial score (nSPS) is 11.9. The Labute approximate surface area is 161 Å². The number of amides is 2. The molecule has 0 aliphatic carbocycles. The molecule has 0 fully saturated rings. The number of benzene rings is 2. The SMILES string of the molecule is CCc1ccc([C@H](NCC(=O)Nc2cccc(C(=O)NC)c2)C(C)C)cc1. The Morgan fingerprint density at radius 1 is 1.04 bits per heavy atom. The van der Waals surface area contributed by atoms with E-state index >= 15 is 0 Å². The van der Waals surface area contributed by atoms with Gasteiger partial charge < -0.3 is 16.0 Å². The Morgan fingerprint density at radius 2 is 1.74 bits per heavy atom. The fourth-order valence-corrected chi connectivity index (χ4v) is 2.99. The number of rotatable bonds is 8. The van der Waals surface area contributed by atoms with Crippen molar-refractivity contribution in [3.05, 3.63) is 65.2 Å². The van der Waals surface area contributed by atoms with Crippen molar-refractivity contribution in [2.24, 2.45) is 5.92 Å². The van der Waals surface area contributed by atoms with E-state index in [1.165, 1.54) is 11.1 Å². The van der Waals surface area contributed by atoms with E-state index in [0.29, 0.717) is 17.2 Å². The van der Waals surface area contributed by atoms with E-state index in [4.69, 9.17) is 0 Å². The first-order valence-electron chi connectivity index (χ1n) is 9.38. The highest BCUT2D eigenvalue weighted by atomic mass is 16.2. The van der Waals surface area contributed by atoms with Crippen LogP contribution in [-0.4, -0.2) is 25.4 Å². The lowest BCUT2D eigenvalue weighted by Crippen LogP contribution is -2.33. The molecule has 3 N–H and O–H groups in total. The predicted octanol–water partition coefficient (Wildman–Crippen LogP) is 3.53. The van der Waals surface area contributed by atoms with E-state index < -0.39 is 0 Å². The van der Waals surface area contributed by atoms with Crippen molar-refractivity contribution in [1.29, 1.82) is 0 Å². The van der Waals surface area contributed by atoms with Gasteiger partial charge in [0, 0.05) is 24.3 Å². The number of nitrogens with one attached hydrogen (secondary N) is 3. The summed E-state index contributed by atoms with van der Waals surface area (Å²) in [6.45, 7) is 6.60. The molecule has 0 bridgehead atoms. The van der Waals surface area contributed by atoms with Crippen molar-refractivity contribution in [2.75, 3.05) is 18.9 Å². The van der Waals surface area contributed by atoms with Gasteiger partial charge in [-0.1, -0.05) is 51.1 Å². The lowest BCUT2D eigenvalue weighted by molar-refractivity contribution is -0.115. The molecule has 0 heterocycles. The average molecular weight is 367 g/mol. The molecule has 0 aliphatic heterocycles. The minimum atomic E-state index is -0.181. The molecule has 0 saturated carbocycles. The van der Waals surface area contributed by atoms with E-state index in [1.54, 1.807) is 31.3 Å². The van der Waals surface area contributed by atoms with Gasteiger partial charge in [0.25, 0.3) is 5.91 Å². The molecule has 5 heteroatoms. The van der Waals surface area contributed by atoms with Gasteiger partial charge in [0.15, 0.2) is 0 Å². The number of carbonyl (C=O) groups excluding carboxylic acids is 2. The van der Waals surface area contributed by atoms with Crippen molar-refractivity contribution in [3.63, 3.8) is 0 Å². The van der Waals surface area contributed by atoms with E-state index in [2.05, 4.69) is 61.0 Å². The monoisotopic (exact) mass is 367 g/mol. The average Bonchev–Trinajstić information content (AvgIpc) is 2.68. The van der Waals surface area contributed by atoms with Gasteiger partial charge in [-0.2, -0.15) is 0 Å². The van der Waals surface area contributed by atoms with Gasteiger partial charge in [-0.25, -0.2) is 0 Å². The smallest absolute Gasteiger partial charge is 0.251 e. The summed E-state index contributed by atoms with van der Waals surface area (Å²) in [5.41, 5.74) is 3.60. The zero-order valence-electron chi connectivity index (χ0n) is 16.5. The molecule has 2 aromatic carbocycles. The molecule has 5 nitrogen and oxygen atoms in total. The minimum Gasteiger partial charge on any atom is -0.355 e. The van der Waals surface area contributed by atoms with Crippen molar-refractivity contribution in [3.8, 4) is 0 Å². The zero-order chi connectivity index (χ0) is 19.8. The highest BCUT2D eigenvalue weighted by Gasteiger charge is 2.16. The Kier molecular flexibility index (Phi) is 7.55. The minimum absolute atomic E-state index is 0.0962. The van der Waals surface area contributed by atoms with E-state index in [1.807, 2.05) is 0 Å². The molecule has 0 aliphatic rings. The lowest BCUT2D eigenvalue weighted by atomic mass is 9.95. The van der Waals surface area contributed by atoms with Crippen LogP contribution in [0.3, 0.4) is 0 Å². The first-order valence-corrected chi connectivity index (χ1v) is 9.38. The summed E-state index contributed by atoms with van der Waals surface area (Å²) in [5, 5.41) is 8.77. The molecule has 2 amide bonds. The van der Waals surface area contributed by atoms with Gasteiger partial charge in [0.2, 0.25) is 5.91 Å². The van der Waals surface area contributed by atoms with Gasteiger partial charge in [-0.15, -0.1) is 0 Å². The first-order chi connectivity index (χ1) is 12.9. The maximum Gasteiger partial charge on any atom is 0.251 e. The van der Waals surface area contributed by atoms with E-state index in [-0.39, 0.29) is 24.4 Å². The number of aryl methyl sites for hydroxylation is 1. The molecular formula is C22H29N3O2. The second-order valence-electron chi connectivity index (χ2n) is 6.91. The summed E-state index contributed by atoms with van der Waals surface area (Å²) < 4.78 is 0. The van der Waals surface area contributed by atoms with Gasteiger partial charge in [-0.05, 0) is 41.7 Å². The van der Waals surface area contributed by atoms with Crippen LogP contribution in [0.2, 0.25) is 0 Å². The number of anilines is 1. The van der Waals surface area contributed by atoms with Crippen LogP contribution in [-0.2, 0) is 11.2 Å². The quantitative estimate of drug-likeness (QED) is 0.668. The van der Waals surface area contributed by atoms with Crippen LogP contribution in [0, 0.1) is 5.92 Å². The molecule has 27 heavy (non-hydrogen) atoms. The summed E-state index contributed by atoms with van der Waals surface area (Å²) in [7, 11) is 1.58. The van der Waals surface area contributed by atoms with E-state index in [0.717, 1.165) is 6.42 Å². The summed E-state index contributed by atoms with van der Waals surface area (Å²) in [5.74, 6) is 0.0290. The fourth-order valence-electron chi connectivity index (χ4n) is 2.99. The molecule has 144 valence electrons. The molecule has 0 spiro atoms. The third-order valence-corrected chi connectivity index (χ3v) is 4.53. The predicted molar refractivity (Wildman–Crippen MR) is 110 cm³/mol. The zero-order valence-corrected chi connectivity index (χ0v) is 16.5. The van der Waals surface area contributed by atoms with Gasteiger partial charge in [0.1, 0.15) is 0 Å². The second kappa shape index (κ2) is 9.88. The summed E-state index contributed by atoms with van der Waals surface area (Å²) in [6.07, 6.45) is 1.01.